The number of quaternary nitrogens is 1. The lowest BCUT2D eigenvalue weighted by Crippen LogP contribution is -2.58. The SMILES string of the molecule is Fc1ccc(C(C[N+]2(CI)C=NC=N2)(OCc2ccccc2)C(F)(F)SC2CC2)c(F)c1. The normalized spacial score (nSPS) is 22.3. The highest BCUT2D eigenvalue weighted by Gasteiger charge is 2.64. The number of rotatable bonds is 10. The van der Waals surface area contributed by atoms with E-state index in [0.717, 1.165) is 12.1 Å². The monoisotopic (exact) mass is 578 g/mol. The van der Waals surface area contributed by atoms with Gasteiger partial charge in [0.25, 0.3) is 0 Å². The minimum absolute atomic E-state index is 0.180. The number of thioether (sulfide) groups is 1. The van der Waals surface area contributed by atoms with E-state index in [1.165, 1.54) is 12.7 Å². The Bertz CT molecular complexity index is 1010. The fourth-order valence-corrected chi connectivity index (χ4v) is 5.32. The Morgan fingerprint density at radius 1 is 1.12 bits per heavy atom. The lowest BCUT2D eigenvalue weighted by atomic mass is 9.91. The molecule has 2 aromatic carbocycles. The molecule has 1 aliphatic heterocycles. The first kappa shape index (κ1) is 23.7. The van der Waals surface area contributed by atoms with E-state index in [9.17, 15) is 4.39 Å². The lowest BCUT2D eigenvalue weighted by molar-refractivity contribution is -0.833. The minimum atomic E-state index is -3.52. The second-order valence-electron chi connectivity index (χ2n) is 7.82. The molecule has 10 heteroatoms. The highest BCUT2D eigenvalue weighted by Crippen LogP contribution is 2.55. The second-order valence-corrected chi connectivity index (χ2v) is 9.92. The Labute approximate surface area is 201 Å². The third kappa shape index (κ3) is 4.87. The van der Waals surface area contributed by atoms with Gasteiger partial charge in [0.1, 0.15) is 11.6 Å². The Kier molecular flexibility index (Phi) is 6.94. The van der Waals surface area contributed by atoms with Crippen molar-refractivity contribution in [1.82, 2.24) is 0 Å². The van der Waals surface area contributed by atoms with Crippen molar-refractivity contribution in [2.75, 3.05) is 11.1 Å². The molecule has 1 heterocycles. The van der Waals surface area contributed by atoms with Gasteiger partial charge in [-0.05, 0) is 53.1 Å². The van der Waals surface area contributed by atoms with Crippen LogP contribution in [-0.2, 0) is 16.9 Å². The summed E-state index contributed by atoms with van der Waals surface area (Å²) < 4.78 is 67.1. The maximum Gasteiger partial charge on any atom is 0.332 e. The van der Waals surface area contributed by atoms with Crippen molar-refractivity contribution in [2.45, 2.75) is 35.6 Å². The Hall–Kier alpha value is -1.50. The van der Waals surface area contributed by atoms with Gasteiger partial charge in [0.05, 0.1) is 6.61 Å². The molecule has 0 spiro atoms. The Morgan fingerprint density at radius 2 is 1.88 bits per heavy atom. The second kappa shape index (κ2) is 9.40. The highest BCUT2D eigenvalue weighted by atomic mass is 127. The number of hydrogen-bond donors (Lipinski definition) is 0. The zero-order valence-electron chi connectivity index (χ0n) is 16.9. The van der Waals surface area contributed by atoms with E-state index in [1.54, 1.807) is 30.3 Å². The number of alkyl halides is 3. The van der Waals surface area contributed by atoms with Crippen molar-refractivity contribution in [2.24, 2.45) is 10.1 Å². The van der Waals surface area contributed by atoms with Crippen LogP contribution in [-0.4, -0.2) is 38.9 Å². The largest absolute Gasteiger partial charge is 0.353 e. The highest BCUT2D eigenvalue weighted by molar-refractivity contribution is 14.1. The predicted octanol–water partition coefficient (Wildman–Crippen LogP) is 6.06. The van der Waals surface area contributed by atoms with Crippen LogP contribution < -0.4 is 0 Å². The molecule has 0 amide bonds. The molecule has 32 heavy (non-hydrogen) atoms. The standard InChI is InChI=1S/C22H21F4IN3OS/c23-17-6-9-19(20(24)10-17)21(22(25,26)32-18-7-8-18,12-30(13-27)15-28-14-29-30)31-11-16-4-2-1-3-5-16/h1-6,9-10,14-15,18H,7-8,11-13H2/q+1. The van der Waals surface area contributed by atoms with E-state index in [0.29, 0.717) is 36.2 Å². The molecule has 1 aliphatic carbocycles. The van der Waals surface area contributed by atoms with Crippen LogP contribution in [0, 0.1) is 11.6 Å². The average molecular weight is 578 g/mol. The van der Waals surface area contributed by atoms with Gasteiger partial charge in [0.15, 0.2) is 17.4 Å². The number of ether oxygens (including phenoxy) is 1. The smallest absolute Gasteiger partial charge is 0.332 e. The quantitative estimate of drug-likeness (QED) is 0.113. The molecule has 1 fully saturated rings. The Morgan fingerprint density at radius 3 is 2.47 bits per heavy atom. The summed E-state index contributed by atoms with van der Waals surface area (Å²) in [5, 5.41) is 0.508. The summed E-state index contributed by atoms with van der Waals surface area (Å²) in [4.78, 5) is 3.99. The fourth-order valence-electron chi connectivity index (χ4n) is 3.52. The number of hydrogen-bond acceptors (Lipinski definition) is 4. The van der Waals surface area contributed by atoms with Crippen molar-refractivity contribution < 1.29 is 26.9 Å². The lowest BCUT2D eigenvalue weighted by Gasteiger charge is -2.42. The van der Waals surface area contributed by atoms with E-state index in [1.807, 2.05) is 22.6 Å². The van der Waals surface area contributed by atoms with E-state index in [4.69, 9.17) is 4.74 Å². The zero-order valence-corrected chi connectivity index (χ0v) is 19.9. The van der Waals surface area contributed by atoms with E-state index in [-0.39, 0.29) is 21.0 Å². The topological polar surface area (TPSA) is 34.0 Å². The summed E-state index contributed by atoms with van der Waals surface area (Å²) in [5.74, 6) is -1.93. The van der Waals surface area contributed by atoms with Gasteiger partial charge in [-0.25, -0.2) is 8.78 Å². The number of benzene rings is 2. The average Bonchev–Trinajstić information content (AvgIpc) is 3.45. The van der Waals surface area contributed by atoms with Crippen LogP contribution >= 0.6 is 34.4 Å². The maximum absolute atomic E-state index is 16.1. The number of aliphatic imine (C=N–C) groups is 1. The first-order valence-electron chi connectivity index (χ1n) is 9.99. The van der Waals surface area contributed by atoms with Crippen LogP contribution in [0.2, 0.25) is 0 Å². The van der Waals surface area contributed by atoms with Gasteiger partial charge >= 0.3 is 5.25 Å². The molecule has 170 valence electrons. The number of nitrogens with zero attached hydrogens (tertiary/aromatic N) is 3. The number of halogens is 5. The van der Waals surface area contributed by atoms with Crippen LogP contribution in [0.5, 0.6) is 0 Å². The summed E-state index contributed by atoms with van der Waals surface area (Å²) in [6, 6.07) is 11.5. The summed E-state index contributed by atoms with van der Waals surface area (Å²) in [7, 11) is 0. The molecule has 2 unspecified atom stereocenters. The third-order valence-corrected chi connectivity index (χ3v) is 7.95. The summed E-state index contributed by atoms with van der Waals surface area (Å²) in [6.07, 6.45) is 4.04. The first-order valence-corrected chi connectivity index (χ1v) is 12.4. The van der Waals surface area contributed by atoms with Gasteiger partial charge in [-0.3, -0.25) is 0 Å². The molecule has 0 saturated heterocycles. The van der Waals surface area contributed by atoms with Crippen molar-refractivity contribution in [3.8, 4) is 0 Å². The van der Waals surface area contributed by atoms with Gasteiger partial charge in [-0.1, -0.05) is 47.2 Å². The van der Waals surface area contributed by atoms with Gasteiger partial charge in [-0.2, -0.15) is 13.8 Å². The molecule has 2 atom stereocenters. The molecule has 2 aromatic rings. The predicted molar refractivity (Wildman–Crippen MR) is 126 cm³/mol. The first-order chi connectivity index (χ1) is 15.3. The van der Waals surface area contributed by atoms with Gasteiger partial charge in [-0.15, -0.1) is 4.59 Å². The molecule has 1 saturated carbocycles. The fraction of sp³-hybridized carbons (Fsp3) is 0.364. The van der Waals surface area contributed by atoms with Gasteiger partial charge < -0.3 is 4.74 Å². The maximum atomic E-state index is 16.1. The van der Waals surface area contributed by atoms with Crippen LogP contribution in [0.4, 0.5) is 17.6 Å². The van der Waals surface area contributed by atoms with Crippen LogP contribution in [0.1, 0.15) is 24.0 Å². The Balaban J connectivity index is 1.85. The molecule has 0 bridgehead atoms. The summed E-state index contributed by atoms with van der Waals surface area (Å²) in [6.45, 7) is -0.585. The van der Waals surface area contributed by atoms with Crippen molar-refractivity contribution in [1.29, 1.82) is 0 Å². The van der Waals surface area contributed by atoms with E-state index < -0.39 is 34.6 Å². The molecule has 2 aliphatic rings. The molecule has 0 N–H and O–H groups in total. The van der Waals surface area contributed by atoms with Gasteiger partial charge in [0.2, 0.25) is 11.9 Å². The zero-order chi connectivity index (χ0) is 22.8. The van der Waals surface area contributed by atoms with E-state index >= 15 is 13.2 Å². The van der Waals surface area contributed by atoms with Crippen LogP contribution in [0.25, 0.3) is 0 Å². The minimum Gasteiger partial charge on any atom is -0.353 e. The molecule has 4 rings (SSSR count). The van der Waals surface area contributed by atoms with E-state index in [2.05, 4.69) is 10.1 Å². The van der Waals surface area contributed by atoms with Crippen molar-refractivity contribution in [3.63, 3.8) is 0 Å². The van der Waals surface area contributed by atoms with Crippen molar-refractivity contribution >= 4 is 47.0 Å². The molecular formula is C22H21F4IN3OS+. The molecule has 4 nitrogen and oxygen atoms in total. The van der Waals surface area contributed by atoms with Gasteiger partial charge in [0, 0.05) is 16.9 Å². The van der Waals surface area contributed by atoms with Crippen molar-refractivity contribution in [3.05, 3.63) is 71.3 Å². The summed E-state index contributed by atoms with van der Waals surface area (Å²) >= 11 is 2.51. The molecular weight excluding hydrogens is 557 g/mol. The van der Waals surface area contributed by atoms with Crippen LogP contribution in [0.3, 0.4) is 0 Å². The van der Waals surface area contributed by atoms with Crippen LogP contribution in [0.15, 0.2) is 58.6 Å². The third-order valence-electron chi connectivity index (χ3n) is 5.34. The molecule has 0 aromatic heterocycles. The summed E-state index contributed by atoms with van der Waals surface area (Å²) in [5.41, 5.74) is -2.16. The molecule has 0 radical (unpaired) electrons.